The average molecular weight is 285 g/mol. The summed E-state index contributed by atoms with van der Waals surface area (Å²) in [7, 11) is -3.38. The van der Waals surface area contributed by atoms with Crippen LogP contribution in [-0.4, -0.2) is 33.2 Å². The normalized spacial score (nSPS) is 11.4. The highest BCUT2D eigenvalue weighted by Crippen LogP contribution is 2.21. The van der Waals surface area contributed by atoms with Crippen molar-refractivity contribution in [3.8, 4) is 0 Å². The Labute approximate surface area is 113 Å². The maximum Gasteiger partial charge on any atom is 0.238 e. The molecule has 0 aromatic heterocycles. The van der Waals surface area contributed by atoms with Gasteiger partial charge in [-0.15, -0.1) is 0 Å². The largest absolute Gasteiger partial charge is 0.323 e. The summed E-state index contributed by atoms with van der Waals surface area (Å²) < 4.78 is 24.8. The fourth-order valence-corrected chi connectivity index (χ4v) is 1.95. The molecular weight excluding hydrogens is 266 g/mol. The first-order valence-corrected chi connectivity index (χ1v) is 7.77. The Morgan fingerprint density at radius 3 is 2.32 bits per heavy atom. The number of anilines is 2. The predicted molar refractivity (Wildman–Crippen MR) is 76.7 cm³/mol. The number of nitrogens with one attached hydrogen (secondary N) is 3. The summed E-state index contributed by atoms with van der Waals surface area (Å²) in [6, 6.07) is 6.84. The van der Waals surface area contributed by atoms with E-state index >= 15 is 0 Å². The van der Waals surface area contributed by atoms with Crippen LogP contribution < -0.4 is 15.4 Å². The minimum absolute atomic E-state index is 0.172. The topological polar surface area (TPSA) is 87.3 Å². The molecule has 0 fully saturated rings. The van der Waals surface area contributed by atoms with Gasteiger partial charge in [-0.25, -0.2) is 8.42 Å². The van der Waals surface area contributed by atoms with Gasteiger partial charge in [0.1, 0.15) is 0 Å². The Kier molecular flexibility index (Phi) is 5.31. The molecule has 0 saturated heterocycles. The van der Waals surface area contributed by atoms with E-state index in [0.29, 0.717) is 11.4 Å². The van der Waals surface area contributed by atoms with Gasteiger partial charge in [-0.05, 0) is 12.1 Å². The summed E-state index contributed by atoms with van der Waals surface area (Å²) in [6.45, 7) is 4.05. The van der Waals surface area contributed by atoms with Crippen LogP contribution in [0.1, 0.15) is 13.8 Å². The van der Waals surface area contributed by atoms with Crippen molar-refractivity contribution < 1.29 is 13.2 Å². The second kappa shape index (κ2) is 6.53. The van der Waals surface area contributed by atoms with Crippen LogP contribution in [-0.2, 0) is 14.8 Å². The number of benzene rings is 1. The van der Waals surface area contributed by atoms with Gasteiger partial charge in [0.25, 0.3) is 0 Å². The standard InChI is InChI=1S/C12H19N3O3S/c1-9(2)13-8-12(16)14-10-6-4-5-7-11(10)15-19(3,17)18/h4-7,9,13,15H,8H2,1-3H3,(H,14,16). The zero-order valence-electron chi connectivity index (χ0n) is 11.2. The number of sulfonamides is 1. The quantitative estimate of drug-likeness (QED) is 0.727. The molecule has 0 aliphatic heterocycles. The molecule has 0 aliphatic rings. The molecule has 6 nitrogen and oxygen atoms in total. The van der Waals surface area contributed by atoms with Gasteiger partial charge in [0.2, 0.25) is 15.9 Å². The summed E-state index contributed by atoms with van der Waals surface area (Å²) in [5.74, 6) is -0.226. The first-order valence-electron chi connectivity index (χ1n) is 5.88. The van der Waals surface area contributed by atoms with E-state index in [-0.39, 0.29) is 18.5 Å². The number of amides is 1. The lowest BCUT2D eigenvalue weighted by Crippen LogP contribution is -2.32. The lowest BCUT2D eigenvalue weighted by Gasteiger charge is -2.13. The van der Waals surface area contributed by atoms with E-state index in [1.165, 1.54) is 0 Å². The molecule has 19 heavy (non-hydrogen) atoms. The molecule has 1 aromatic rings. The molecule has 7 heteroatoms. The predicted octanol–water partition coefficient (Wildman–Crippen LogP) is 0.995. The van der Waals surface area contributed by atoms with Crippen molar-refractivity contribution in [3.05, 3.63) is 24.3 Å². The van der Waals surface area contributed by atoms with Crippen LogP contribution in [0.15, 0.2) is 24.3 Å². The van der Waals surface area contributed by atoms with E-state index in [0.717, 1.165) is 6.26 Å². The third-order valence-electron chi connectivity index (χ3n) is 2.17. The van der Waals surface area contributed by atoms with Crippen molar-refractivity contribution in [1.82, 2.24) is 5.32 Å². The number of hydrogen-bond donors (Lipinski definition) is 3. The van der Waals surface area contributed by atoms with Crippen molar-refractivity contribution in [2.24, 2.45) is 0 Å². The van der Waals surface area contributed by atoms with Crippen LogP contribution in [0.25, 0.3) is 0 Å². The van der Waals surface area contributed by atoms with E-state index in [1.807, 2.05) is 13.8 Å². The third kappa shape index (κ3) is 6.21. The summed E-state index contributed by atoms with van der Waals surface area (Å²) >= 11 is 0. The minimum atomic E-state index is -3.38. The van der Waals surface area contributed by atoms with Gasteiger partial charge in [0, 0.05) is 6.04 Å². The molecule has 0 heterocycles. The van der Waals surface area contributed by atoms with Gasteiger partial charge < -0.3 is 10.6 Å². The van der Waals surface area contributed by atoms with Crippen molar-refractivity contribution in [2.45, 2.75) is 19.9 Å². The lowest BCUT2D eigenvalue weighted by atomic mass is 10.2. The minimum Gasteiger partial charge on any atom is -0.323 e. The van der Waals surface area contributed by atoms with E-state index in [2.05, 4.69) is 15.4 Å². The number of carbonyl (C=O) groups is 1. The molecule has 0 bridgehead atoms. The zero-order chi connectivity index (χ0) is 14.5. The van der Waals surface area contributed by atoms with E-state index < -0.39 is 10.0 Å². The summed E-state index contributed by atoms with van der Waals surface area (Å²) in [5, 5.41) is 5.64. The Balaban J connectivity index is 2.75. The number of para-hydroxylation sites is 2. The monoisotopic (exact) mass is 285 g/mol. The molecule has 0 spiro atoms. The Bertz CT molecular complexity index is 541. The van der Waals surface area contributed by atoms with Crippen LogP contribution in [0, 0.1) is 0 Å². The highest BCUT2D eigenvalue weighted by atomic mass is 32.2. The van der Waals surface area contributed by atoms with Crippen LogP contribution >= 0.6 is 0 Å². The number of hydrogen-bond acceptors (Lipinski definition) is 4. The molecule has 1 rings (SSSR count). The molecule has 1 aromatic carbocycles. The van der Waals surface area contributed by atoms with Gasteiger partial charge >= 0.3 is 0 Å². The molecule has 0 saturated carbocycles. The third-order valence-corrected chi connectivity index (χ3v) is 2.76. The summed E-state index contributed by atoms with van der Waals surface area (Å²) in [6.07, 6.45) is 1.06. The molecule has 1 amide bonds. The molecular formula is C12H19N3O3S. The molecule has 0 atom stereocenters. The fourth-order valence-electron chi connectivity index (χ4n) is 1.37. The Hall–Kier alpha value is -1.60. The first kappa shape index (κ1) is 15.5. The Morgan fingerprint density at radius 2 is 1.79 bits per heavy atom. The number of carbonyl (C=O) groups excluding carboxylic acids is 1. The molecule has 3 N–H and O–H groups in total. The highest BCUT2D eigenvalue weighted by molar-refractivity contribution is 7.92. The van der Waals surface area contributed by atoms with Gasteiger partial charge in [-0.3, -0.25) is 9.52 Å². The van der Waals surface area contributed by atoms with Crippen molar-refractivity contribution in [3.63, 3.8) is 0 Å². The Morgan fingerprint density at radius 1 is 1.21 bits per heavy atom. The van der Waals surface area contributed by atoms with Gasteiger partial charge in [-0.1, -0.05) is 26.0 Å². The second-order valence-corrected chi connectivity index (χ2v) is 6.25. The zero-order valence-corrected chi connectivity index (χ0v) is 12.0. The van der Waals surface area contributed by atoms with Gasteiger partial charge in [0.15, 0.2) is 0 Å². The SMILES string of the molecule is CC(C)NCC(=O)Nc1ccccc1NS(C)(=O)=O. The van der Waals surface area contributed by atoms with Gasteiger partial charge in [0.05, 0.1) is 24.2 Å². The van der Waals surface area contributed by atoms with E-state index in [1.54, 1.807) is 24.3 Å². The molecule has 0 radical (unpaired) electrons. The van der Waals surface area contributed by atoms with Crippen LogP contribution in [0.4, 0.5) is 11.4 Å². The van der Waals surface area contributed by atoms with Gasteiger partial charge in [-0.2, -0.15) is 0 Å². The molecule has 0 unspecified atom stereocenters. The van der Waals surface area contributed by atoms with Crippen molar-refractivity contribution in [1.29, 1.82) is 0 Å². The molecule has 0 aliphatic carbocycles. The smallest absolute Gasteiger partial charge is 0.238 e. The van der Waals surface area contributed by atoms with Crippen molar-refractivity contribution >= 4 is 27.3 Å². The second-order valence-electron chi connectivity index (χ2n) is 4.50. The maximum atomic E-state index is 11.7. The maximum absolute atomic E-state index is 11.7. The fraction of sp³-hybridized carbons (Fsp3) is 0.417. The van der Waals surface area contributed by atoms with E-state index in [9.17, 15) is 13.2 Å². The van der Waals surface area contributed by atoms with Crippen LogP contribution in [0.2, 0.25) is 0 Å². The highest BCUT2D eigenvalue weighted by Gasteiger charge is 2.09. The first-order chi connectivity index (χ1) is 8.78. The van der Waals surface area contributed by atoms with Crippen molar-refractivity contribution in [2.75, 3.05) is 22.8 Å². The number of rotatable bonds is 6. The lowest BCUT2D eigenvalue weighted by molar-refractivity contribution is -0.115. The average Bonchev–Trinajstić information content (AvgIpc) is 2.27. The summed E-state index contributed by atoms with van der Waals surface area (Å²) in [4.78, 5) is 11.7. The molecule has 106 valence electrons. The van der Waals surface area contributed by atoms with Crippen LogP contribution in [0.3, 0.4) is 0 Å². The summed E-state index contributed by atoms with van der Waals surface area (Å²) in [5.41, 5.74) is 0.784. The van der Waals surface area contributed by atoms with E-state index in [4.69, 9.17) is 0 Å². The van der Waals surface area contributed by atoms with Crippen LogP contribution in [0.5, 0.6) is 0 Å².